The fraction of sp³-hybridized carbons (Fsp3) is 0.432. The van der Waals surface area contributed by atoms with Crippen LogP contribution >= 0.6 is 0 Å². The van der Waals surface area contributed by atoms with Crippen LogP contribution in [0.25, 0.3) is 0 Å². The van der Waals surface area contributed by atoms with E-state index in [4.69, 9.17) is 9.47 Å². The third kappa shape index (κ3) is 6.98. The number of allylic oxidation sites excluding steroid dienone is 5. The summed E-state index contributed by atoms with van der Waals surface area (Å²) in [6.07, 6.45) is 13.2. The fourth-order valence-corrected chi connectivity index (χ4v) is 7.28. The van der Waals surface area contributed by atoms with Gasteiger partial charge in [-0.3, -0.25) is 9.59 Å². The summed E-state index contributed by atoms with van der Waals surface area (Å²) in [5, 5.41) is 20.0. The van der Waals surface area contributed by atoms with Crippen molar-refractivity contribution in [2.75, 3.05) is 6.61 Å². The zero-order valence-corrected chi connectivity index (χ0v) is 25.5. The first-order valence-electron chi connectivity index (χ1n) is 15.7. The molecule has 7 nitrogen and oxygen atoms in total. The maximum absolute atomic E-state index is 12.9. The van der Waals surface area contributed by atoms with Crippen LogP contribution in [0.2, 0.25) is 0 Å². The van der Waals surface area contributed by atoms with Crippen LogP contribution in [-0.4, -0.2) is 34.7 Å². The minimum absolute atomic E-state index is 0.0651. The number of rotatable bonds is 10. The minimum Gasteiger partial charge on any atom is -0.481 e. The molecule has 4 atom stereocenters. The highest BCUT2D eigenvalue weighted by molar-refractivity contribution is 5.89. The summed E-state index contributed by atoms with van der Waals surface area (Å²) in [7, 11) is 0. The maximum Gasteiger partial charge on any atom is 0.338 e. The molecule has 2 aromatic rings. The SMILES string of the molecule is CC1=C[C@H](/C=C(\C)C2CCC(C(=O)O)CC2)[C@@]2(C(=O)O)C=C[C@H](CCOC(=O)c3ccc(Oc4ccccc4)cc3)C[C@H]2C1. The van der Waals surface area contributed by atoms with Gasteiger partial charge in [0.15, 0.2) is 0 Å². The van der Waals surface area contributed by atoms with Crippen LogP contribution in [0.3, 0.4) is 0 Å². The molecule has 0 heterocycles. The largest absolute Gasteiger partial charge is 0.481 e. The first kappa shape index (κ1) is 31.3. The summed E-state index contributed by atoms with van der Waals surface area (Å²) >= 11 is 0. The van der Waals surface area contributed by atoms with Crippen LogP contribution in [0.4, 0.5) is 0 Å². The number of esters is 1. The number of carboxylic acid groups (broad SMARTS) is 2. The van der Waals surface area contributed by atoms with Crippen molar-refractivity contribution in [2.24, 2.45) is 35.0 Å². The van der Waals surface area contributed by atoms with E-state index in [1.165, 1.54) is 5.57 Å². The first-order valence-corrected chi connectivity index (χ1v) is 15.7. The van der Waals surface area contributed by atoms with Crippen LogP contribution in [0.5, 0.6) is 11.5 Å². The number of ether oxygens (including phenoxy) is 2. The number of fused-ring (bicyclic) bond motifs is 1. The molecular weight excluding hydrogens is 556 g/mol. The number of carbonyl (C=O) groups is 3. The summed E-state index contributed by atoms with van der Waals surface area (Å²) < 4.78 is 11.4. The zero-order valence-electron chi connectivity index (χ0n) is 25.5. The summed E-state index contributed by atoms with van der Waals surface area (Å²) in [6.45, 7) is 4.39. The van der Waals surface area contributed by atoms with Crippen LogP contribution in [-0.2, 0) is 14.3 Å². The van der Waals surface area contributed by atoms with Gasteiger partial charge >= 0.3 is 17.9 Å². The standard InChI is InChI=1S/C37H42O7/c1-24-20-30(22-25(2)27-8-10-28(11-9-27)34(38)39)37(36(41)42)18-16-26(23-31(37)21-24)17-19-43-35(40)29-12-14-33(15-13-29)44-32-6-4-3-5-7-32/h3-7,12-16,18,20,22,26-28,30-31H,8-11,17,19,21,23H2,1-2H3,(H,38,39)(H,41,42)/b25-22+/t26-,27?,28?,30-,31-,37+/m1/s1. The Morgan fingerprint density at radius 1 is 0.932 bits per heavy atom. The minimum atomic E-state index is -1.02. The average Bonchev–Trinajstić information content (AvgIpc) is 3.01. The lowest BCUT2D eigenvalue weighted by atomic mass is 9.56. The van der Waals surface area contributed by atoms with Gasteiger partial charge in [-0.15, -0.1) is 0 Å². The Balaban J connectivity index is 1.20. The van der Waals surface area contributed by atoms with Gasteiger partial charge in [-0.1, -0.05) is 53.6 Å². The molecule has 1 saturated carbocycles. The normalized spacial score (nSPS) is 28.4. The van der Waals surface area contributed by atoms with Gasteiger partial charge in [-0.25, -0.2) is 4.79 Å². The van der Waals surface area contributed by atoms with Crippen LogP contribution in [0, 0.1) is 35.0 Å². The molecule has 7 heteroatoms. The molecular formula is C37H42O7. The topological polar surface area (TPSA) is 110 Å². The molecule has 0 unspecified atom stereocenters. The Kier molecular flexibility index (Phi) is 9.72. The van der Waals surface area contributed by atoms with E-state index in [0.717, 1.165) is 30.6 Å². The molecule has 0 radical (unpaired) electrons. The molecule has 0 aliphatic heterocycles. The van der Waals surface area contributed by atoms with E-state index >= 15 is 0 Å². The van der Waals surface area contributed by atoms with E-state index in [1.54, 1.807) is 24.3 Å². The zero-order chi connectivity index (χ0) is 31.3. The highest BCUT2D eigenvalue weighted by Crippen LogP contribution is 2.53. The number of aliphatic carboxylic acids is 2. The third-order valence-electron chi connectivity index (χ3n) is 9.81. The number of hydrogen-bond acceptors (Lipinski definition) is 5. The molecule has 5 rings (SSSR count). The fourth-order valence-electron chi connectivity index (χ4n) is 7.28. The second-order valence-electron chi connectivity index (χ2n) is 12.7. The summed E-state index contributed by atoms with van der Waals surface area (Å²) in [4.78, 5) is 37.0. The predicted molar refractivity (Wildman–Crippen MR) is 167 cm³/mol. The monoisotopic (exact) mass is 598 g/mol. The van der Waals surface area contributed by atoms with E-state index in [9.17, 15) is 24.6 Å². The molecule has 3 aliphatic carbocycles. The van der Waals surface area contributed by atoms with E-state index in [0.29, 0.717) is 37.0 Å². The lowest BCUT2D eigenvalue weighted by molar-refractivity contribution is -0.152. The van der Waals surface area contributed by atoms with E-state index < -0.39 is 23.3 Å². The predicted octanol–water partition coefficient (Wildman–Crippen LogP) is 8.09. The Morgan fingerprint density at radius 3 is 2.25 bits per heavy atom. The van der Waals surface area contributed by atoms with Gasteiger partial charge in [0.1, 0.15) is 11.5 Å². The van der Waals surface area contributed by atoms with Crippen molar-refractivity contribution in [1.29, 1.82) is 0 Å². The van der Waals surface area contributed by atoms with Crippen LogP contribution < -0.4 is 4.74 Å². The second-order valence-corrected chi connectivity index (χ2v) is 12.7. The Morgan fingerprint density at radius 2 is 1.59 bits per heavy atom. The lowest BCUT2D eigenvalue weighted by Crippen LogP contribution is -2.47. The van der Waals surface area contributed by atoms with Crippen LogP contribution in [0.1, 0.15) is 69.2 Å². The Hall–Kier alpha value is -4.13. The van der Waals surface area contributed by atoms with Gasteiger partial charge in [-0.2, -0.15) is 0 Å². The van der Waals surface area contributed by atoms with Crippen molar-refractivity contribution in [1.82, 2.24) is 0 Å². The van der Waals surface area contributed by atoms with Gasteiger partial charge in [0.25, 0.3) is 0 Å². The van der Waals surface area contributed by atoms with Crippen molar-refractivity contribution in [3.63, 3.8) is 0 Å². The van der Waals surface area contributed by atoms with E-state index in [1.807, 2.05) is 42.5 Å². The number of carboxylic acids is 2. The molecule has 44 heavy (non-hydrogen) atoms. The van der Waals surface area contributed by atoms with Crippen molar-refractivity contribution in [3.05, 3.63) is 95.6 Å². The van der Waals surface area contributed by atoms with Crippen molar-refractivity contribution < 1.29 is 34.1 Å². The quantitative estimate of drug-likeness (QED) is 0.210. The summed E-state index contributed by atoms with van der Waals surface area (Å²) in [6, 6.07) is 16.3. The molecule has 0 saturated heterocycles. The first-order chi connectivity index (χ1) is 21.2. The maximum atomic E-state index is 12.9. The van der Waals surface area contributed by atoms with Crippen LogP contribution in [0.15, 0.2) is 90.0 Å². The smallest absolute Gasteiger partial charge is 0.338 e. The molecule has 232 valence electrons. The number of carbonyl (C=O) groups excluding carboxylic acids is 1. The van der Waals surface area contributed by atoms with E-state index in [-0.39, 0.29) is 36.2 Å². The molecule has 0 spiro atoms. The highest BCUT2D eigenvalue weighted by atomic mass is 16.5. The lowest BCUT2D eigenvalue weighted by Gasteiger charge is -2.46. The average molecular weight is 599 g/mol. The van der Waals surface area contributed by atoms with Gasteiger partial charge in [0.05, 0.1) is 23.5 Å². The molecule has 3 aliphatic rings. The van der Waals surface area contributed by atoms with E-state index in [2.05, 4.69) is 26.0 Å². The Bertz CT molecular complexity index is 1430. The summed E-state index contributed by atoms with van der Waals surface area (Å²) in [5.74, 6) is -0.778. The third-order valence-corrected chi connectivity index (χ3v) is 9.81. The van der Waals surface area contributed by atoms with Crippen molar-refractivity contribution in [3.8, 4) is 11.5 Å². The summed E-state index contributed by atoms with van der Waals surface area (Å²) in [5.41, 5.74) is 1.78. The molecule has 2 N–H and O–H groups in total. The van der Waals surface area contributed by atoms with Gasteiger partial charge in [-0.05, 0) is 113 Å². The molecule has 1 fully saturated rings. The number of benzene rings is 2. The molecule has 0 amide bonds. The van der Waals surface area contributed by atoms with Gasteiger partial charge in [0.2, 0.25) is 0 Å². The molecule has 0 aromatic heterocycles. The second kappa shape index (κ2) is 13.7. The number of hydrogen-bond donors (Lipinski definition) is 2. The van der Waals surface area contributed by atoms with Gasteiger partial charge < -0.3 is 19.7 Å². The van der Waals surface area contributed by atoms with Crippen molar-refractivity contribution in [2.45, 2.75) is 58.8 Å². The van der Waals surface area contributed by atoms with Gasteiger partial charge in [0, 0.05) is 5.92 Å². The molecule has 2 aromatic carbocycles. The van der Waals surface area contributed by atoms with Crippen molar-refractivity contribution >= 4 is 17.9 Å². The number of para-hydroxylation sites is 1. The Labute approximate surface area is 259 Å². The highest BCUT2D eigenvalue weighted by Gasteiger charge is 2.52. The molecule has 0 bridgehead atoms.